The standard InChI is InChI=1S/C19H29N5O2/c25-19(23-26)8-7-16-12-21-18(13-20-16)22-17-6-3-10-24(14-17)11-9-15-4-1-2-5-15/h7-8,12-13,15,17,26H,1-6,9-11,14H2,(H,21,22)(H,23,25)/b8-7+/t17-/m1/s1. The topological polar surface area (TPSA) is 90.4 Å². The summed E-state index contributed by atoms with van der Waals surface area (Å²) in [6, 6.07) is 0.406. The van der Waals surface area contributed by atoms with E-state index in [1.165, 1.54) is 63.8 Å². The lowest BCUT2D eigenvalue weighted by atomic mass is 10.0. The van der Waals surface area contributed by atoms with Gasteiger partial charge in [-0.2, -0.15) is 0 Å². The molecule has 0 bridgehead atoms. The summed E-state index contributed by atoms with van der Waals surface area (Å²) in [5.41, 5.74) is 2.11. The second kappa shape index (κ2) is 9.64. The van der Waals surface area contributed by atoms with Crippen LogP contribution in [-0.4, -0.2) is 51.7 Å². The molecule has 0 radical (unpaired) electrons. The van der Waals surface area contributed by atoms with Crippen LogP contribution < -0.4 is 10.8 Å². The molecule has 26 heavy (non-hydrogen) atoms. The van der Waals surface area contributed by atoms with Gasteiger partial charge in [-0.05, 0) is 44.3 Å². The predicted molar refractivity (Wildman–Crippen MR) is 101 cm³/mol. The van der Waals surface area contributed by atoms with Crippen molar-refractivity contribution >= 4 is 17.8 Å². The molecule has 1 amide bonds. The minimum absolute atomic E-state index is 0.406. The molecule has 3 N–H and O–H groups in total. The van der Waals surface area contributed by atoms with Gasteiger partial charge in [-0.3, -0.25) is 15.0 Å². The van der Waals surface area contributed by atoms with E-state index < -0.39 is 5.91 Å². The number of nitrogens with zero attached hydrogens (tertiary/aromatic N) is 3. The highest BCUT2D eigenvalue weighted by atomic mass is 16.5. The van der Waals surface area contributed by atoms with Crippen molar-refractivity contribution in [3.05, 3.63) is 24.2 Å². The van der Waals surface area contributed by atoms with Gasteiger partial charge in [0.1, 0.15) is 5.82 Å². The molecule has 1 saturated heterocycles. The Balaban J connectivity index is 1.45. The van der Waals surface area contributed by atoms with Crippen LogP contribution in [0.3, 0.4) is 0 Å². The molecule has 3 rings (SSSR count). The highest BCUT2D eigenvalue weighted by molar-refractivity contribution is 5.90. The molecule has 1 aromatic rings. The summed E-state index contributed by atoms with van der Waals surface area (Å²) in [6.45, 7) is 3.48. The van der Waals surface area contributed by atoms with Gasteiger partial charge in [-0.1, -0.05) is 25.7 Å². The highest BCUT2D eigenvalue weighted by Crippen LogP contribution is 2.28. The van der Waals surface area contributed by atoms with Crippen molar-refractivity contribution in [3.8, 4) is 0 Å². The van der Waals surface area contributed by atoms with E-state index in [-0.39, 0.29) is 0 Å². The molecule has 2 aliphatic rings. The summed E-state index contributed by atoms with van der Waals surface area (Å²) in [6.07, 6.45) is 15.4. The number of rotatable bonds is 7. The molecule has 7 nitrogen and oxygen atoms in total. The Hall–Kier alpha value is -1.99. The molecular weight excluding hydrogens is 330 g/mol. The molecule has 0 unspecified atom stereocenters. The van der Waals surface area contributed by atoms with Crippen LogP contribution in [0.4, 0.5) is 5.82 Å². The van der Waals surface area contributed by atoms with Crippen LogP contribution in [0.25, 0.3) is 6.08 Å². The summed E-state index contributed by atoms with van der Waals surface area (Å²) in [7, 11) is 0. The molecule has 2 fully saturated rings. The number of carbonyl (C=O) groups is 1. The van der Waals surface area contributed by atoms with Gasteiger partial charge in [0, 0.05) is 18.7 Å². The summed E-state index contributed by atoms with van der Waals surface area (Å²) >= 11 is 0. The van der Waals surface area contributed by atoms with Crippen molar-refractivity contribution in [3.63, 3.8) is 0 Å². The van der Waals surface area contributed by atoms with Crippen molar-refractivity contribution in [2.45, 2.75) is 51.0 Å². The van der Waals surface area contributed by atoms with Crippen molar-refractivity contribution in [1.82, 2.24) is 20.3 Å². The fourth-order valence-electron chi connectivity index (χ4n) is 3.95. The smallest absolute Gasteiger partial charge is 0.267 e. The first kappa shape index (κ1) is 18.8. The van der Waals surface area contributed by atoms with Crippen molar-refractivity contribution in [2.24, 2.45) is 5.92 Å². The predicted octanol–water partition coefficient (Wildman–Crippen LogP) is 2.45. The average molecular weight is 359 g/mol. The van der Waals surface area contributed by atoms with Gasteiger partial charge in [0.15, 0.2) is 0 Å². The molecule has 0 aromatic carbocycles. The zero-order valence-electron chi connectivity index (χ0n) is 15.2. The number of aromatic nitrogens is 2. The normalized spacial score (nSPS) is 22.0. The van der Waals surface area contributed by atoms with E-state index in [4.69, 9.17) is 5.21 Å². The van der Waals surface area contributed by atoms with E-state index in [0.717, 1.165) is 24.7 Å². The Labute approximate surface area is 154 Å². The lowest BCUT2D eigenvalue weighted by molar-refractivity contribution is -0.124. The van der Waals surface area contributed by atoms with E-state index in [2.05, 4.69) is 20.2 Å². The Morgan fingerprint density at radius 3 is 2.81 bits per heavy atom. The van der Waals surface area contributed by atoms with Crippen LogP contribution in [0.2, 0.25) is 0 Å². The number of anilines is 1. The number of hydrogen-bond donors (Lipinski definition) is 3. The van der Waals surface area contributed by atoms with E-state index in [1.54, 1.807) is 17.9 Å². The largest absolute Gasteiger partial charge is 0.365 e. The average Bonchev–Trinajstić information content (AvgIpc) is 3.19. The number of amides is 1. The molecule has 1 aliphatic carbocycles. The van der Waals surface area contributed by atoms with E-state index in [1.807, 2.05) is 0 Å². The zero-order valence-corrected chi connectivity index (χ0v) is 15.2. The quantitative estimate of drug-likeness (QED) is 0.394. The summed E-state index contributed by atoms with van der Waals surface area (Å²) in [4.78, 5) is 22.2. The SMILES string of the molecule is O=C(/C=C/c1cnc(N[C@@H]2CCCN(CCC3CCCC3)C2)cn1)NO. The molecule has 1 aliphatic heterocycles. The number of nitrogens with one attached hydrogen (secondary N) is 2. The number of carbonyl (C=O) groups excluding carboxylic acids is 1. The van der Waals surface area contributed by atoms with E-state index in [0.29, 0.717) is 11.7 Å². The molecule has 2 heterocycles. The van der Waals surface area contributed by atoms with Gasteiger partial charge < -0.3 is 10.2 Å². The number of hydroxylamine groups is 1. The molecule has 1 atom stereocenters. The maximum atomic E-state index is 11.0. The van der Waals surface area contributed by atoms with Crippen LogP contribution in [-0.2, 0) is 4.79 Å². The molecule has 0 spiro atoms. The van der Waals surface area contributed by atoms with Gasteiger partial charge in [0.2, 0.25) is 0 Å². The lowest BCUT2D eigenvalue weighted by Gasteiger charge is -2.33. The third-order valence-electron chi connectivity index (χ3n) is 5.37. The number of hydrogen-bond acceptors (Lipinski definition) is 6. The lowest BCUT2D eigenvalue weighted by Crippen LogP contribution is -2.42. The molecule has 1 saturated carbocycles. The second-order valence-electron chi connectivity index (χ2n) is 7.36. The second-order valence-corrected chi connectivity index (χ2v) is 7.36. The van der Waals surface area contributed by atoms with Crippen molar-refractivity contribution in [1.29, 1.82) is 0 Å². The maximum absolute atomic E-state index is 11.0. The zero-order chi connectivity index (χ0) is 18.2. The number of likely N-dealkylation sites (tertiary alicyclic amines) is 1. The van der Waals surface area contributed by atoms with Gasteiger partial charge in [0.05, 0.1) is 18.1 Å². The third kappa shape index (κ3) is 5.78. The van der Waals surface area contributed by atoms with Crippen LogP contribution in [0.15, 0.2) is 18.5 Å². The molecule has 7 heteroatoms. The Morgan fingerprint density at radius 2 is 2.08 bits per heavy atom. The third-order valence-corrected chi connectivity index (χ3v) is 5.37. The first-order valence-electron chi connectivity index (χ1n) is 9.66. The van der Waals surface area contributed by atoms with Crippen molar-refractivity contribution in [2.75, 3.05) is 25.0 Å². The van der Waals surface area contributed by atoms with Crippen molar-refractivity contribution < 1.29 is 10.0 Å². The summed E-state index contributed by atoms with van der Waals surface area (Å²) in [5.74, 6) is 1.12. The van der Waals surface area contributed by atoms with Crippen LogP contribution >= 0.6 is 0 Å². The fourth-order valence-corrected chi connectivity index (χ4v) is 3.95. The summed E-state index contributed by atoms with van der Waals surface area (Å²) in [5, 5.41) is 11.9. The fraction of sp³-hybridized carbons (Fsp3) is 0.632. The first-order chi connectivity index (χ1) is 12.7. The first-order valence-corrected chi connectivity index (χ1v) is 9.66. The minimum atomic E-state index is -0.589. The number of piperidine rings is 1. The van der Waals surface area contributed by atoms with E-state index >= 15 is 0 Å². The minimum Gasteiger partial charge on any atom is -0.365 e. The summed E-state index contributed by atoms with van der Waals surface area (Å²) < 4.78 is 0. The van der Waals surface area contributed by atoms with Gasteiger partial charge >= 0.3 is 0 Å². The molecular formula is C19H29N5O2. The van der Waals surface area contributed by atoms with Crippen LogP contribution in [0.5, 0.6) is 0 Å². The van der Waals surface area contributed by atoms with Crippen LogP contribution in [0, 0.1) is 5.92 Å². The van der Waals surface area contributed by atoms with Gasteiger partial charge in [-0.15, -0.1) is 0 Å². The van der Waals surface area contributed by atoms with Crippen LogP contribution in [0.1, 0.15) is 50.6 Å². The Kier molecular flexibility index (Phi) is 6.96. The highest BCUT2D eigenvalue weighted by Gasteiger charge is 2.22. The molecule has 1 aromatic heterocycles. The Morgan fingerprint density at radius 1 is 1.23 bits per heavy atom. The Bertz CT molecular complexity index is 598. The molecule has 142 valence electrons. The van der Waals surface area contributed by atoms with E-state index in [9.17, 15) is 4.79 Å². The maximum Gasteiger partial charge on any atom is 0.267 e. The van der Waals surface area contributed by atoms with Gasteiger partial charge in [0.25, 0.3) is 5.91 Å². The monoisotopic (exact) mass is 359 g/mol. The van der Waals surface area contributed by atoms with Gasteiger partial charge in [-0.25, -0.2) is 10.5 Å².